The maximum Gasteiger partial charge on any atom is 0.266 e. The number of fused-ring (bicyclic) bond motifs is 2. The molecule has 0 aliphatic carbocycles. The minimum atomic E-state index is -0.425. The van der Waals surface area contributed by atoms with Gasteiger partial charge in [-0.05, 0) is 24.3 Å². The summed E-state index contributed by atoms with van der Waals surface area (Å²) in [4.78, 5) is 42.9. The summed E-state index contributed by atoms with van der Waals surface area (Å²) in [5.74, 6) is -0.830. The van der Waals surface area contributed by atoms with Gasteiger partial charge in [0.05, 0.1) is 29.4 Å². The number of nitrogens with one attached hydrogen (secondary N) is 1. The van der Waals surface area contributed by atoms with E-state index in [1.54, 1.807) is 48.7 Å². The summed E-state index contributed by atoms with van der Waals surface area (Å²) in [6.07, 6.45) is 1.58. The highest BCUT2D eigenvalue weighted by atomic mass is 16.5. The van der Waals surface area contributed by atoms with Gasteiger partial charge < -0.3 is 10.1 Å². The quantitative estimate of drug-likeness (QED) is 0.725. The molecule has 2 aromatic carbocycles. The van der Waals surface area contributed by atoms with Crippen LogP contribution in [0.5, 0.6) is 5.75 Å². The zero-order valence-electron chi connectivity index (χ0n) is 14.6. The molecule has 3 amide bonds. The van der Waals surface area contributed by atoms with Gasteiger partial charge in [-0.3, -0.25) is 19.4 Å². The SMILES string of the molecule is COc1cc(NC(C)=O)c2ncccc2c1N1C(=O)c2ccccc2C1=O. The molecule has 1 aromatic heterocycles. The molecule has 0 saturated heterocycles. The molecular formula is C20H15N3O4. The van der Waals surface area contributed by atoms with Gasteiger partial charge in [-0.15, -0.1) is 0 Å². The molecule has 7 nitrogen and oxygen atoms in total. The topological polar surface area (TPSA) is 88.6 Å². The minimum absolute atomic E-state index is 0.266. The second kappa shape index (κ2) is 6.21. The van der Waals surface area contributed by atoms with E-state index in [1.165, 1.54) is 14.0 Å². The summed E-state index contributed by atoms with van der Waals surface area (Å²) < 4.78 is 5.46. The van der Waals surface area contributed by atoms with Crippen LogP contribution < -0.4 is 15.0 Å². The molecule has 0 atom stereocenters. The summed E-state index contributed by atoms with van der Waals surface area (Å²) in [5, 5.41) is 3.23. The van der Waals surface area contributed by atoms with E-state index < -0.39 is 11.8 Å². The fourth-order valence-electron chi connectivity index (χ4n) is 3.28. The average Bonchev–Trinajstić information content (AvgIpc) is 2.92. The van der Waals surface area contributed by atoms with E-state index >= 15 is 0 Å². The van der Waals surface area contributed by atoms with Gasteiger partial charge in [-0.25, -0.2) is 4.90 Å². The Labute approximate surface area is 154 Å². The van der Waals surface area contributed by atoms with Gasteiger partial charge in [0, 0.05) is 24.6 Å². The molecule has 2 heterocycles. The minimum Gasteiger partial charge on any atom is -0.494 e. The number of carbonyl (C=O) groups is 3. The van der Waals surface area contributed by atoms with E-state index in [2.05, 4.69) is 10.3 Å². The zero-order valence-corrected chi connectivity index (χ0v) is 14.6. The molecule has 1 aliphatic rings. The lowest BCUT2D eigenvalue weighted by Crippen LogP contribution is -2.30. The summed E-state index contributed by atoms with van der Waals surface area (Å²) in [7, 11) is 1.44. The molecule has 1 N–H and O–H groups in total. The van der Waals surface area contributed by atoms with Crippen LogP contribution in [0.15, 0.2) is 48.7 Å². The van der Waals surface area contributed by atoms with Gasteiger partial charge in [0.25, 0.3) is 11.8 Å². The van der Waals surface area contributed by atoms with Crippen LogP contribution in [0.1, 0.15) is 27.6 Å². The number of anilines is 2. The number of hydrogen-bond acceptors (Lipinski definition) is 5. The first kappa shape index (κ1) is 16.7. The van der Waals surface area contributed by atoms with Crippen LogP contribution in [-0.4, -0.2) is 29.8 Å². The second-order valence-electron chi connectivity index (χ2n) is 6.05. The van der Waals surface area contributed by atoms with E-state index in [9.17, 15) is 14.4 Å². The number of hydrogen-bond donors (Lipinski definition) is 1. The molecule has 0 spiro atoms. The van der Waals surface area contributed by atoms with Crippen molar-refractivity contribution >= 4 is 40.0 Å². The Balaban J connectivity index is 1.99. The molecule has 0 bridgehead atoms. The lowest BCUT2D eigenvalue weighted by atomic mass is 10.1. The first-order valence-corrected chi connectivity index (χ1v) is 8.24. The van der Waals surface area contributed by atoms with Crippen molar-refractivity contribution in [1.82, 2.24) is 4.98 Å². The Morgan fingerprint density at radius 3 is 2.33 bits per heavy atom. The predicted molar refractivity (Wildman–Crippen MR) is 100 cm³/mol. The van der Waals surface area contributed by atoms with Crippen LogP contribution >= 0.6 is 0 Å². The summed E-state index contributed by atoms with van der Waals surface area (Å²) in [6, 6.07) is 11.7. The molecule has 0 fully saturated rings. The van der Waals surface area contributed by atoms with Gasteiger partial charge in [0.15, 0.2) is 0 Å². The van der Waals surface area contributed by atoms with E-state index in [-0.39, 0.29) is 11.7 Å². The molecular weight excluding hydrogens is 346 g/mol. The molecule has 4 rings (SSSR count). The number of rotatable bonds is 3. The third-order valence-electron chi connectivity index (χ3n) is 4.38. The van der Waals surface area contributed by atoms with E-state index in [0.29, 0.717) is 33.4 Å². The van der Waals surface area contributed by atoms with Gasteiger partial charge in [0.2, 0.25) is 5.91 Å². The van der Waals surface area contributed by atoms with Gasteiger partial charge >= 0.3 is 0 Å². The first-order chi connectivity index (χ1) is 13.0. The molecule has 0 saturated carbocycles. The van der Waals surface area contributed by atoms with Crippen molar-refractivity contribution in [3.8, 4) is 5.75 Å². The van der Waals surface area contributed by atoms with E-state index in [4.69, 9.17) is 4.74 Å². The van der Waals surface area contributed by atoms with Crippen LogP contribution in [0, 0.1) is 0 Å². The molecule has 0 unspecified atom stereocenters. The third-order valence-corrected chi connectivity index (χ3v) is 4.38. The Morgan fingerprint density at radius 2 is 1.74 bits per heavy atom. The van der Waals surface area contributed by atoms with E-state index in [0.717, 1.165) is 4.90 Å². The maximum absolute atomic E-state index is 12.9. The summed E-state index contributed by atoms with van der Waals surface area (Å²) in [6.45, 7) is 1.39. The average molecular weight is 361 g/mol. The normalized spacial score (nSPS) is 13.0. The molecule has 134 valence electrons. The van der Waals surface area contributed by atoms with Crippen molar-refractivity contribution in [2.24, 2.45) is 0 Å². The summed E-state index contributed by atoms with van der Waals surface area (Å²) >= 11 is 0. The standard InChI is InChI=1S/C20H15N3O4/c1-11(24)22-15-10-16(27-2)18(14-8-5-9-21-17(14)15)23-19(25)12-6-3-4-7-13(12)20(23)26/h3-10H,1-2H3,(H,22,24). The Kier molecular flexibility index (Phi) is 3.84. The van der Waals surface area contributed by atoms with Crippen LogP contribution in [0.25, 0.3) is 10.9 Å². The zero-order chi connectivity index (χ0) is 19.1. The highest BCUT2D eigenvalue weighted by Crippen LogP contribution is 2.43. The number of carbonyl (C=O) groups excluding carboxylic acids is 3. The molecule has 27 heavy (non-hydrogen) atoms. The Hall–Kier alpha value is -3.74. The van der Waals surface area contributed by atoms with Crippen LogP contribution in [-0.2, 0) is 4.79 Å². The first-order valence-electron chi connectivity index (χ1n) is 8.24. The number of methoxy groups -OCH3 is 1. The second-order valence-corrected chi connectivity index (χ2v) is 6.05. The van der Waals surface area contributed by atoms with Gasteiger partial charge in [-0.1, -0.05) is 12.1 Å². The molecule has 1 aliphatic heterocycles. The van der Waals surface area contributed by atoms with Crippen molar-refractivity contribution in [2.45, 2.75) is 6.92 Å². The molecule has 3 aromatic rings. The lowest BCUT2D eigenvalue weighted by molar-refractivity contribution is -0.114. The van der Waals surface area contributed by atoms with Crippen LogP contribution in [0.2, 0.25) is 0 Å². The molecule has 0 radical (unpaired) electrons. The number of aromatic nitrogens is 1. The Morgan fingerprint density at radius 1 is 1.07 bits per heavy atom. The fourth-order valence-corrected chi connectivity index (χ4v) is 3.28. The maximum atomic E-state index is 12.9. The van der Waals surface area contributed by atoms with Crippen molar-refractivity contribution in [2.75, 3.05) is 17.3 Å². The monoisotopic (exact) mass is 361 g/mol. The number of pyridine rings is 1. The number of benzene rings is 2. The van der Waals surface area contributed by atoms with Crippen LogP contribution in [0.3, 0.4) is 0 Å². The van der Waals surface area contributed by atoms with Crippen molar-refractivity contribution in [1.29, 1.82) is 0 Å². The van der Waals surface area contributed by atoms with Gasteiger partial charge in [-0.2, -0.15) is 0 Å². The Bertz CT molecular complexity index is 1090. The lowest BCUT2D eigenvalue weighted by Gasteiger charge is -2.21. The van der Waals surface area contributed by atoms with Crippen molar-refractivity contribution in [3.63, 3.8) is 0 Å². The smallest absolute Gasteiger partial charge is 0.266 e. The number of imide groups is 1. The largest absolute Gasteiger partial charge is 0.494 e. The predicted octanol–water partition coefficient (Wildman–Crippen LogP) is 3.00. The third kappa shape index (κ3) is 2.52. The van der Waals surface area contributed by atoms with Crippen LogP contribution in [0.4, 0.5) is 11.4 Å². The van der Waals surface area contributed by atoms with Crippen molar-refractivity contribution in [3.05, 3.63) is 59.8 Å². The van der Waals surface area contributed by atoms with E-state index in [1.807, 2.05) is 0 Å². The van der Waals surface area contributed by atoms with Gasteiger partial charge in [0.1, 0.15) is 11.4 Å². The number of amides is 3. The molecule has 7 heteroatoms. The number of ether oxygens (including phenoxy) is 1. The summed E-state index contributed by atoms with van der Waals surface area (Å²) in [5.41, 5.74) is 1.89. The fraction of sp³-hybridized carbons (Fsp3) is 0.100. The highest BCUT2D eigenvalue weighted by molar-refractivity contribution is 6.36. The number of nitrogens with zero attached hydrogens (tertiary/aromatic N) is 2. The van der Waals surface area contributed by atoms with Crippen molar-refractivity contribution < 1.29 is 19.1 Å². The highest BCUT2D eigenvalue weighted by Gasteiger charge is 2.39.